The molecule has 1 amide bonds. The first-order valence-electron chi connectivity index (χ1n) is 11.2. The number of rotatable bonds is 12. The van der Waals surface area contributed by atoms with Crippen LogP contribution in [0.2, 0.25) is 0 Å². The Kier molecular flexibility index (Phi) is 10.0. The summed E-state index contributed by atoms with van der Waals surface area (Å²) in [5.74, 6) is 2.31. The molecule has 0 radical (unpaired) electrons. The number of pyridine rings is 1. The number of amides is 1. The largest absolute Gasteiger partial charge is 0.354 e. The van der Waals surface area contributed by atoms with Crippen LogP contribution in [0.25, 0.3) is 10.9 Å². The van der Waals surface area contributed by atoms with E-state index < -0.39 is 0 Å². The van der Waals surface area contributed by atoms with E-state index in [0.717, 1.165) is 74.7 Å². The summed E-state index contributed by atoms with van der Waals surface area (Å²) < 4.78 is 0. The van der Waals surface area contributed by atoms with Crippen molar-refractivity contribution < 1.29 is 9.72 Å². The normalized spacial score (nSPS) is 14.7. The summed E-state index contributed by atoms with van der Waals surface area (Å²) in [7, 11) is 0. The molecule has 1 aliphatic heterocycles. The summed E-state index contributed by atoms with van der Waals surface area (Å²) in [5, 5.41) is 14.6. The first-order valence-corrected chi connectivity index (χ1v) is 12.5. The predicted octanol–water partition coefficient (Wildman–Crippen LogP) is 1.93. The lowest BCUT2D eigenvalue weighted by molar-refractivity contribution is -0.384. The number of hydrogen-bond donors (Lipinski definition) is 3. The molecule has 1 saturated heterocycles. The zero-order valence-electron chi connectivity index (χ0n) is 18.7. The summed E-state index contributed by atoms with van der Waals surface area (Å²) in [4.78, 5) is 34.1. The summed E-state index contributed by atoms with van der Waals surface area (Å²) in [5.41, 5.74) is 0.847. The molecule has 1 N–H and O–H groups in total. The smallest absolute Gasteiger partial charge is 0.270 e. The molecule has 1 fully saturated rings. The maximum Gasteiger partial charge on any atom is 0.270 e. The lowest BCUT2D eigenvalue weighted by Crippen LogP contribution is -2.47. The molecule has 0 bridgehead atoms. The minimum atomic E-state index is -0.386. The molecule has 0 saturated carbocycles. The highest BCUT2D eigenvalue weighted by molar-refractivity contribution is 7.80. The highest BCUT2D eigenvalue weighted by Crippen LogP contribution is 2.23. The number of carbonyl (C=O) groups is 1. The first-order chi connectivity index (χ1) is 16.0. The summed E-state index contributed by atoms with van der Waals surface area (Å²) in [6, 6.07) is 8.61. The molecule has 11 heteroatoms. The number of nitrogens with zero attached hydrogens (tertiary/aromatic N) is 5. The van der Waals surface area contributed by atoms with Crippen LogP contribution in [0.15, 0.2) is 30.3 Å². The minimum absolute atomic E-state index is 0.0388. The lowest BCUT2D eigenvalue weighted by Gasteiger charge is -2.35. The molecule has 0 spiro atoms. The second-order valence-electron chi connectivity index (χ2n) is 8.06. The van der Waals surface area contributed by atoms with Gasteiger partial charge in [-0.1, -0.05) is 0 Å². The van der Waals surface area contributed by atoms with Gasteiger partial charge in [0, 0.05) is 68.3 Å². The van der Waals surface area contributed by atoms with Crippen molar-refractivity contribution in [2.45, 2.75) is 6.42 Å². The van der Waals surface area contributed by atoms with Gasteiger partial charge in [-0.3, -0.25) is 24.7 Å². The number of nitrogens with one attached hydrogen (secondary N) is 1. The van der Waals surface area contributed by atoms with Gasteiger partial charge in [0.25, 0.3) is 5.69 Å². The average molecular weight is 493 g/mol. The van der Waals surface area contributed by atoms with E-state index in [2.05, 4.69) is 45.3 Å². The number of anilines is 1. The first kappa shape index (κ1) is 25.5. The van der Waals surface area contributed by atoms with Crippen molar-refractivity contribution in [3.63, 3.8) is 0 Å². The average Bonchev–Trinajstić information content (AvgIpc) is 2.82. The van der Waals surface area contributed by atoms with Crippen LogP contribution in [-0.2, 0) is 4.79 Å². The van der Waals surface area contributed by atoms with Crippen molar-refractivity contribution in [3.05, 3.63) is 40.4 Å². The molecule has 9 nitrogen and oxygen atoms in total. The van der Waals surface area contributed by atoms with Gasteiger partial charge in [-0.15, -0.1) is 0 Å². The molecule has 1 aliphatic rings. The number of benzene rings is 1. The molecule has 1 aromatic heterocycles. The van der Waals surface area contributed by atoms with Gasteiger partial charge in [-0.05, 0) is 37.7 Å². The number of fused-ring (bicyclic) bond motifs is 1. The SMILES string of the molecule is O=C(CN(CCS)CCCN1CCN(c2ccc3cc([N+](=O)[O-])ccc3n2)CC1)NCCS. The van der Waals surface area contributed by atoms with Crippen LogP contribution in [0.4, 0.5) is 11.5 Å². The predicted molar refractivity (Wildman–Crippen MR) is 139 cm³/mol. The number of carbonyl (C=O) groups excluding carboxylic acids is 1. The van der Waals surface area contributed by atoms with Crippen LogP contribution in [0, 0.1) is 10.1 Å². The van der Waals surface area contributed by atoms with Crippen LogP contribution in [0.3, 0.4) is 0 Å². The fourth-order valence-corrected chi connectivity index (χ4v) is 4.37. The Balaban J connectivity index is 1.45. The monoisotopic (exact) mass is 492 g/mol. The quantitative estimate of drug-likeness (QED) is 0.237. The Morgan fingerprint density at radius 3 is 2.61 bits per heavy atom. The highest BCUT2D eigenvalue weighted by atomic mass is 32.1. The van der Waals surface area contributed by atoms with Crippen molar-refractivity contribution >= 4 is 53.6 Å². The fraction of sp³-hybridized carbons (Fsp3) is 0.545. The van der Waals surface area contributed by atoms with Crippen molar-refractivity contribution in [1.29, 1.82) is 0 Å². The molecule has 0 atom stereocenters. The van der Waals surface area contributed by atoms with Crippen LogP contribution in [-0.4, -0.2) is 96.0 Å². The van der Waals surface area contributed by atoms with Crippen molar-refractivity contribution in [3.8, 4) is 0 Å². The van der Waals surface area contributed by atoms with Gasteiger partial charge in [0.2, 0.25) is 5.91 Å². The van der Waals surface area contributed by atoms with Crippen LogP contribution in [0.1, 0.15) is 6.42 Å². The zero-order valence-corrected chi connectivity index (χ0v) is 20.5. The highest BCUT2D eigenvalue weighted by Gasteiger charge is 2.19. The second-order valence-corrected chi connectivity index (χ2v) is 8.95. The van der Waals surface area contributed by atoms with Gasteiger partial charge in [0.05, 0.1) is 17.0 Å². The molecule has 0 unspecified atom stereocenters. The number of non-ortho nitro benzene ring substituents is 1. The molecular formula is C22H32N6O3S2. The number of nitro benzene ring substituents is 1. The van der Waals surface area contributed by atoms with E-state index in [1.807, 2.05) is 12.1 Å². The molecule has 1 aromatic carbocycles. The standard InChI is InChI=1S/C22H32N6O3S2/c29-22(23-6-14-32)17-26(13-15-33)8-1-7-25-9-11-27(12-10-25)21-5-2-18-16-19(28(30)31)3-4-20(18)24-21/h2-5,16,32-33H,1,6-15,17H2,(H,23,29). The van der Waals surface area contributed by atoms with Gasteiger partial charge < -0.3 is 10.2 Å². The van der Waals surface area contributed by atoms with Gasteiger partial charge in [0.1, 0.15) is 5.82 Å². The van der Waals surface area contributed by atoms with Gasteiger partial charge >= 0.3 is 0 Å². The second kappa shape index (κ2) is 13.0. The topological polar surface area (TPSA) is 94.9 Å². The Bertz CT molecular complexity index is 939. The maximum atomic E-state index is 12.0. The van der Waals surface area contributed by atoms with Crippen LogP contribution < -0.4 is 10.2 Å². The van der Waals surface area contributed by atoms with Crippen molar-refractivity contribution in [1.82, 2.24) is 20.1 Å². The molecule has 33 heavy (non-hydrogen) atoms. The Labute approximate surface area is 205 Å². The third kappa shape index (κ3) is 7.73. The van der Waals surface area contributed by atoms with E-state index in [9.17, 15) is 14.9 Å². The summed E-state index contributed by atoms with van der Waals surface area (Å²) >= 11 is 8.44. The van der Waals surface area contributed by atoms with Crippen molar-refractivity contribution in [2.24, 2.45) is 0 Å². The number of thiol groups is 2. The number of piperazine rings is 1. The Morgan fingerprint density at radius 2 is 1.91 bits per heavy atom. The Morgan fingerprint density at radius 1 is 1.12 bits per heavy atom. The van der Waals surface area contributed by atoms with Crippen LogP contribution in [0.5, 0.6) is 0 Å². The van der Waals surface area contributed by atoms with E-state index in [0.29, 0.717) is 18.8 Å². The molecule has 2 aromatic rings. The molecule has 2 heterocycles. The van der Waals surface area contributed by atoms with Crippen molar-refractivity contribution in [2.75, 3.05) is 75.3 Å². The third-order valence-corrected chi connectivity index (χ3v) is 6.15. The fourth-order valence-electron chi connectivity index (χ4n) is 3.98. The van der Waals surface area contributed by atoms with E-state index in [4.69, 9.17) is 4.98 Å². The summed E-state index contributed by atoms with van der Waals surface area (Å²) in [6.45, 7) is 7.32. The molecular weight excluding hydrogens is 460 g/mol. The lowest BCUT2D eigenvalue weighted by atomic mass is 10.2. The van der Waals surface area contributed by atoms with Crippen LogP contribution >= 0.6 is 25.3 Å². The van der Waals surface area contributed by atoms with E-state index in [1.165, 1.54) is 6.07 Å². The third-order valence-electron chi connectivity index (χ3n) is 5.73. The molecule has 0 aliphatic carbocycles. The van der Waals surface area contributed by atoms with E-state index in [-0.39, 0.29) is 16.5 Å². The number of nitro groups is 1. The number of aromatic nitrogens is 1. The molecule has 3 rings (SSSR count). The zero-order chi connectivity index (χ0) is 23.6. The van der Waals surface area contributed by atoms with E-state index in [1.54, 1.807) is 12.1 Å². The Hall–Kier alpha value is -2.08. The molecule has 180 valence electrons. The van der Waals surface area contributed by atoms with Gasteiger partial charge in [-0.25, -0.2) is 4.98 Å². The van der Waals surface area contributed by atoms with E-state index >= 15 is 0 Å². The maximum absolute atomic E-state index is 12.0. The summed E-state index contributed by atoms with van der Waals surface area (Å²) in [6.07, 6.45) is 1.00. The van der Waals surface area contributed by atoms with Gasteiger partial charge in [0.15, 0.2) is 0 Å². The number of hydrogen-bond acceptors (Lipinski definition) is 9. The van der Waals surface area contributed by atoms with Gasteiger partial charge in [-0.2, -0.15) is 25.3 Å². The minimum Gasteiger partial charge on any atom is -0.354 e.